The first-order valence-corrected chi connectivity index (χ1v) is 20.7. The Bertz CT molecular complexity index is 2560. The van der Waals surface area contributed by atoms with Gasteiger partial charge in [0.05, 0.1) is 47.2 Å². The summed E-state index contributed by atoms with van der Waals surface area (Å²) in [5, 5.41) is 14.7. The van der Waals surface area contributed by atoms with Crippen LogP contribution in [-0.2, 0) is 20.7 Å². The number of hydrogen-bond acceptors (Lipinski definition) is 12. The van der Waals surface area contributed by atoms with Crippen LogP contribution in [0.5, 0.6) is 0 Å². The maximum atomic E-state index is 13.6. The van der Waals surface area contributed by atoms with E-state index in [0.717, 1.165) is 83.3 Å². The lowest BCUT2D eigenvalue weighted by Crippen LogP contribution is -2.43. The Labute approximate surface area is 340 Å². The van der Waals surface area contributed by atoms with Crippen LogP contribution in [0, 0.1) is 5.92 Å². The predicted molar refractivity (Wildman–Crippen MR) is 215 cm³/mol. The van der Waals surface area contributed by atoms with E-state index in [-0.39, 0.29) is 29.9 Å². The highest BCUT2D eigenvalue weighted by Gasteiger charge is 2.37. The monoisotopic (exact) mass is 800 g/mol. The molecule has 16 heteroatoms. The summed E-state index contributed by atoms with van der Waals surface area (Å²) in [6.45, 7) is 13.5. The maximum Gasteiger partial charge on any atom is 0.410 e. The Hall–Kier alpha value is -5.90. The number of ether oxygens (including phenoxy) is 2. The second-order valence-corrected chi connectivity index (χ2v) is 17.2. The van der Waals surface area contributed by atoms with Crippen molar-refractivity contribution in [1.82, 2.24) is 49.2 Å². The Morgan fingerprint density at radius 3 is 2.14 bits per heavy atom. The SMILES string of the molecule is C=C(C)c1nccn2cc(-c3nc(C4CCN(C(=O)OC(C)(C)Cc5nn(C6COC6)c6cc(-c7nc(C8CCN(C(=O)C9CC9)CC8)no7)ccc56)CC4)no3)cc12. The lowest BCUT2D eigenvalue weighted by molar-refractivity contribution is -0.133. The third kappa shape index (κ3) is 7.27. The van der Waals surface area contributed by atoms with E-state index < -0.39 is 5.60 Å². The zero-order valence-electron chi connectivity index (χ0n) is 33.7. The zero-order valence-corrected chi connectivity index (χ0v) is 33.7. The van der Waals surface area contributed by atoms with Gasteiger partial charge in [0.25, 0.3) is 11.8 Å². The lowest BCUT2D eigenvalue weighted by atomic mass is 9.96. The number of rotatable bonds is 10. The topological polar surface area (TPSA) is 172 Å². The van der Waals surface area contributed by atoms with Gasteiger partial charge in [-0.05, 0) is 83.1 Å². The van der Waals surface area contributed by atoms with Crippen molar-refractivity contribution in [3.05, 3.63) is 72.5 Å². The van der Waals surface area contributed by atoms with Gasteiger partial charge in [-0.3, -0.25) is 14.5 Å². The van der Waals surface area contributed by atoms with Gasteiger partial charge < -0.3 is 32.7 Å². The van der Waals surface area contributed by atoms with Crippen molar-refractivity contribution in [2.45, 2.75) is 89.2 Å². The van der Waals surface area contributed by atoms with E-state index in [1.807, 2.05) is 71.4 Å². The molecule has 59 heavy (non-hydrogen) atoms. The van der Waals surface area contributed by atoms with Crippen LogP contribution in [0.1, 0.15) is 100 Å². The minimum atomic E-state index is -0.835. The van der Waals surface area contributed by atoms with Gasteiger partial charge in [0.1, 0.15) is 5.60 Å². The van der Waals surface area contributed by atoms with Gasteiger partial charge in [-0.2, -0.15) is 15.1 Å². The van der Waals surface area contributed by atoms with Crippen molar-refractivity contribution in [2.75, 3.05) is 39.4 Å². The number of amides is 2. The number of allylic oxidation sites excluding steroid dienone is 1. The number of benzene rings is 1. The molecular formula is C43H48N10O6. The molecule has 306 valence electrons. The number of carbonyl (C=O) groups excluding carboxylic acids is 2. The summed E-state index contributed by atoms with van der Waals surface area (Å²) >= 11 is 0. The van der Waals surface area contributed by atoms with Gasteiger partial charge in [0, 0.05) is 79.9 Å². The fraction of sp³-hybridized carbons (Fsp3) is 0.488. The standard InChI is InChI=1S/C43H48N10O6/c1-25(2)36-35-20-30(22-52(35)18-13-44-36)40-46-38(49-59-40)27-11-16-51(17-12-27)42(55)57-43(3,4)21-33-32-8-7-29(19-34(32)53(47-33)31-23-56-24-31)39-45-37(48-58-39)26-9-14-50(15-10-26)41(54)28-5-6-28/h7-8,13,18-20,22,26-28,31H,1,5-6,9-12,14-17,21,23-24H2,2-4H3. The van der Waals surface area contributed by atoms with Crippen molar-refractivity contribution in [3.63, 3.8) is 0 Å². The molecule has 0 unspecified atom stereocenters. The molecule has 4 fully saturated rings. The quantitative estimate of drug-likeness (QED) is 0.141. The lowest BCUT2D eigenvalue weighted by Gasteiger charge is -2.33. The highest BCUT2D eigenvalue weighted by atomic mass is 16.6. The highest BCUT2D eigenvalue weighted by molar-refractivity contribution is 5.86. The number of fused-ring (bicyclic) bond motifs is 2. The summed E-state index contributed by atoms with van der Waals surface area (Å²) in [6.07, 6.45) is 10.7. The summed E-state index contributed by atoms with van der Waals surface area (Å²) in [5.41, 5.74) is 5.19. The van der Waals surface area contributed by atoms with E-state index in [0.29, 0.717) is 74.9 Å². The molecule has 0 bridgehead atoms. The van der Waals surface area contributed by atoms with Gasteiger partial charge in [0.15, 0.2) is 11.6 Å². The maximum absolute atomic E-state index is 13.6. The van der Waals surface area contributed by atoms with Gasteiger partial charge in [-0.15, -0.1) is 0 Å². The molecule has 16 nitrogen and oxygen atoms in total. The first-order chi connectivity index (χ1) is 28.6. The molecule has 1 aliphatic carbocycles. The third-order valence-electron chi connectivity index (χ3n) is 12.2. The number of hydrogen-bond donors (Lipinski definition) is 0. The molecule has 6 aromatic rings. The molecule has 3 aliphatic heterocycles. The van der Waals surface area contributed by atoms with Crippen molar-refractivity contribution in [1.29, 1.82) is 0 Å². The Morgan fingerprint density at radius 2 is 1.51 bits per heavy atom. The minimum absolute atomic E-state index is 0.0606. The van der Waals surface area contributed by atoms with E-state index in [1.54, 1.807) is 11.1 Å². The van der Waals surface area contributed by atoms with Crippen LogP contribution < -0.4 is 0 Å². The minimum Gasteiger partial charge on any atom is -0.443 e. The summed E-state index contributed by atoms with van der Waals surface area (Å²) in [7, 11) is 0. The van der Waals surface area contributed by atoms with Gasteiger partial charge in [0.2, 0.25) is 5.91 Å². The Balaban J connectivity index is 0.781. The Kier molecular flexibility index (Phi) is 9.33. The zero-order chi connectivity index (χ0) is 40.4. The normalized spacial score (nSPS) is 18.5. The molecule has 8 heterocycles. The third-order valence-corrected chi connectivity index (χ3v) is 12.2. The van der Waals surface area contributed by atoms with E-state index in [1.165, 1.54) is 0 Å². The number of nitrogens with zero attached hydrogens (tertiary/aromatic N) is 10. The molecule has 10 rings (SSSR count). The van der Waals surface area contributed by atoms with Crippen molar-refractivity contribution >= 4 is 34.0 Å². The van der Waals surface area contributed by atoms with Crippen LogP contribution in [0.25, 0.3) is 44.9 Å². The second-order valence-electron chi connectivity index (χ2n) is 17.2. The molecule has 5 aromatic heterocycles. The van der Waals surface area contributed by atoms with Gasteiger partial charge in [-0.1, -0.05) is 23.0 Å². The average molecular weight is 801 g/mol. The highest BCUT2D eigenvalue weighted by Crippen LogP contribution is 2.36. The van der Waals surface area contributed by atoms with Gasteiger partial charge in [-0.25, -0.2) is 4.79 Å². The van der Waals surface area contributed by atoms with E-state index in [4.69, 9.17) is 33.6 Å². The average Bonchev–Trinajstić information content (AvgIpc) is 3.55. The van der Waals surface area contributed by atoms with Crippen molar-refractivity contribution in [3.8, 4) is 22.9 Å². The molecule has 0 atom stereocenters. The number of carbonyl (C=O) groups is 2. The van der Waals surface area contributed by atoms with Crippen LogP contribution in [0.3, 0.4) is 0 Å². The van der Waals surface area contributed by atoms with Crippen LogP contribution in [0.4, 0.5) is 4.79 Å². The van der Waals surface area contributed by atoms with Crippen LogP contribution in [-0.4, -0.2) is 106 Å². The first kappa shape index (κ1) is 37.4. The largest absolute Gasteiger partial charge is 0.443 e. The number of piperidine rings is 2. The summed E-state index contributed by atoms with van der Waals surface area (Å²) in [4.78, 5) is 43.9. The van der Waals surface area contributed by atoms with E-state index in [9.17, 15) is 9.59 Å². The number of likely N-dealkylation sites (tertiary alicyclic amines) is 2. The molecule has 0 radical (unpaired) electrons. The molecule has 0 N–H and O–H groups in total. The fourth-order valence-corrected chi connectivity index (χ4v) is 8.64. The molecule has 2 amide bonds. The van der Waals surface area contributed by atoms with Crippen LogP contribution >= 0.6 is 0 Å². The summed E-state index contributed by atoms with van der Waals surface area (Å²) < 4.78 is 27.2. The molecule has 0 spiro atoms. The molecular weight excluding hydrogens is 753 g/mol. The number of aromatic nitrogens is 8. The first-order valence-electron chi connectivity index (χ1n) is 20.7. The fourth-order valence-electron chi connectivity index (χ4n) is 8.64. The second kappa shape index (κ2) is 14.7. The molecule has 3 saturated heterocycles. The molecule has 4 aliphatic rings. The molecule has 1 aromatic carbocycles. The Morgan fingerprint density at radius 1 is 0.864 bits per heavy atom. The van der Waals surface area contributed by atoms with E-state index in [2.05, 4.69) is 21.9 Å². The van der Waals surface area contributed by atoms with E-state index >= 15 is 0 Å². The predicted octanol–water partition coefficient (Wildman–Crippen LogP) is 6.84. The van der Waals surface area contributed by atoms with Crippen molar-refractivity contribution < 1.29 is 28.1 Å². The van der Waals surface area contributed by atoms with Gasteiger partial charge >= 0.3 is 6.09 Å². The summed E-state index contributed by atoms with van der Waals surface area (Å²) in [5.74, 6) is 2.99. The van der Waals surface area contributed by atoms with Crippen LogP contribution in [0.2, 0.25) is 0 Å². The van der Waals surface area contributed by atoms with Crippen molar-refractivity contribution in [2.24, 2.45) is 5.92 Å². The van der Waals surface area contributed by atoms with Crippen LogP contribution in [0.15, 0.2) is 58.5 Å². The smallest absolute Gasteiger partial charge is 0.410 e. The molecule has 1 saturated carbocycles. The summed E-state index contributed by atoms with van der Waals surface area (Å²) in [6, 6.07) is 8.15.